The highest BCUT2D eigenvalue weighted by atomic mass is 127. The van der Waals surface area contributed by atoms with Crippen LogP contribution in [0.1, 0.15) is 6.42 Å². The molecule has 0 bridgehead atoms. The van der Waals surface area contributed by atoms with E-state index < -0.39 is 13.0 Å². The van der Waals surface area contributed by atoms with Crippen LogP contribution in [0.5, 0.6) is 11.5 Å². The van der Waals surface area contributed by atoms with Gasteiger partial charge in [0.15, 0.2) is 17.5 Å². The molecule has 1 aromatic rings. The maximum absolute atomic E-state index is 11.8. The molecule has 1 heterocycles. The van der Waals surface area contributed by atoms with Crippen molar-refractivity contribution in [3.8, 4) is 11.5 Å². The number of anilines is 1. The number of aliphatic imine (C=N–C) groups is 1. The van der Waals surface area contributed by atoms with Gasteiger partial charge in [0.2, 0.25) is 0 Å². The Morgan fingerprint density at radius 3 is 2.65 bits per heavy atom. The molecule has 3 N–H and O–H groups in total. The second kappa shape index (κ2) is 9.01. The van der Waals surface area contributed by atoms with E-state index in [0.29, 0.717) is 30.4 Å². The minimum Gasteiger partial charge on any atom is -0.490 e. The Morgan fingerprint density at radius 1 is 1.26 bits per heavy atom. The van der Waals surface area contributed by atoms with Gasteiger partial charge in [-0.1, -0.05) is 0 Å². The summed E-state index contributed by atoms with van der Waals surface area (Å²) in [6, 6.07) is 5.13. The normalized spacial score (nSPS) is 14.7. The molecule has 0 aromatic heterocycles. The molecule has 0 aliphatic carbocycles. The van der Waals surface area contributed by atoms with Crippen molar-refractivity contribution in [2.45, 2.75) is 12.8 Å². The molecule has 0 amide bonds. The van der Waals surface area contributed by atoms with Gasteiger partial charge >= 0.3 is 6.36 Å². The van der Waals surface area contributed by atoms with Gasteiger partial charge in [0.25, 0.3) is 0 Å². The first-order valence-electron chi connectivity index (χ1n) is 6.61. The maximum atomic E-state index is 11.8. The third-order valence-electron chi connectivity index (χ3n) is 2.66. The molecule has 2 rings (SSSR count). The molecule has 0 radical (unpaired) electrons. The van der Waals surface area contributed by atoms with Crippen molar-refractivity contribution in [3.63, 3.8) is 0 Å². The fourth-order valence-corrected chi connectivity index (χ4v) is 1.76. The summed E-state index contributed by atoms with van der Waals surface area (Å²) in [6.07, 6.45) is -3.87. The van der Waals surface area contributed by atoms with E-state index in [4.69, 9.17) is 15.2 Å². The van der Waals surface area contributed by atoms with Crippen LogP contribution < -0.4 is 20.5 Å². The lowest BCUT2D eigenvalue weighted by Crippen LogP contribution is -2.24. The van der Waals surface area contributed by atoms with E-state index in [1.807, 2.05) is 0 Å². The number of alkyl halides is 3. The van der Waals surface area contributed by atoms with Gasteiger partial charge in [0.05, 0.1) is 26.4 Å². The number of nitrogens with one attached hydrogen (secondary N) is 1. The SMILES string of the molecule is I.NC(=NCCOC(F)(F)F)Nc1ccc2c(c1)OCCCO2. The predicted octanol–water partition coefficient (Wildman–Crippen LogP) is 2.73. The molecule has 1 aromatic carbocycles. The van der Waals surface area contributed by atoms with Crippen molar-refractivity contribution < 1.29 is 27.4 Å². The van der Waals surface area contributed by atoms with Gasteiger partial charge in [-0.15, -0.1) is 37.1 Å². The van der Waals surface area contributed by atoms with Gasteiger partial charge in [0, 0.05) is 18.2 Å². The van der Waals surface area contributed by atoms with Crippen molar-refractivity contribution in [3.05, 3.63) is 18.2 Å². The van der Waals surface area contributed by atoms with Gasteiger partial charge in [-0.05, 0) is 12.1 Å². The zero-order valence-corrected chi connectivity index (χ0v) is 14.4. The summed E-state index contributed by atoms with van der Waals surface area (Å²) in [5.41, 5.74) is 6.19. The average molecular weight is 447 g/mol. The molecule has 0 unspecified atom stereocenters. The second-order valence-corrected chi connectivity index (χ2v) is 4.40. The molecule has 130 valence electrons. The number of hydrogen-bond donors (Lipinski definition) is 2. The van der Waals surface area contributed by atoms with E-state index in [0.717, 1.165) is 6.42 Å². The first-order chi connectivity index (χ1) is 10.4. The summed E-state index contributed by atoms with van der Waals surface area (Å²) in [5, 5.41) is 2.77. The van der Waals surface area contributed by atoms with E-state index in [1.165, 1.54) is 0 Å². The largest absolute Gasteiger partial charge is 0.522 e. The zero-order chi connectivity index (χ0) is 16.0. The summed E-state index contributed by atoms with van der Waals surface area (Å²) in [4.78, 5) is 3.74. The van der Waals surface area contributed by atoms with Crippen molar-refractivity contribution in [2.24, 2.45) is 10.7 Å². The minimum absolute atomic E-state index is 0. The predicted molar refractivity (Wildman–Crippen MR) is 89.6 cm³/mol. The third kappa shape index (κ3) is 7.12. The second-order valence-electron chi connectivity index (χ2n) is 4.40. The summed E-state index contributed by atoms with van der Waals surface area (Å²) < 4.78 is 49.9. The third-order valence-corrected chi connectivity index (χ3v) is 2.66. The van der Waals surface area contributed by atoms with E-state index in [2.05, 4.69) is 15.0 Å². The van der Waals surface area contributed by atoms with Crippen LogP contribution in [0, 0.1) is 0 Å². The first-order valence-corrected chi connectivity index (χ1v) is 6.61. The fraction of sp³-hybridized carbons (Fsp3) is 0.462. The smallest absolute Gasteiger partial charge is 0.490 e. The van der Waals surface area contributed by atoms with Gasteiger partial charge in [-0.3, -0.25) is 9.73 Å². The molecular weight excluding hydrogens is 430 g/mol. The van der Waals surface area contributed by atoms with Gasteiger partial charge in [-0.2, -0.15) is 0 Å². The van der Waals surface area contributed by atoms with Crippen molar-refractivity contribution in [1.29, 1.82) is 0 Å². The van der Waals surface area contributed by atoms with Crippen LogP contribution in [0.2, 0.25) is 0 Å². The summed E-state index contributed by atoms with van der Waals surface area (Å²) in [7, 11) is 0. The van der Waals surface area contributed by atoms with Crippen LogP contribution >= 0.6 is 24.0 Å². The van der Waals surface area contributed by atoms with Crippen molar-refractivity contribution >= 4 is 35.6 Å². The lowest BCUT2D eigenvalue weighted by molar-refractivity contribution is -0.323. The number of guanidine groups is 1. The van der Waals surface area contributed by atoms with E-state index in [9.17, 15) is 13.2 Å². The lowest BCUT2D eigenvalue weighted by Gasteiger charge is -2.11. The molecular formula is C13H17F3IN3O3. The minimum atomic E-state index is -4.66. The Labute approximate surface area is 148 Å². The Kier molecular flexibility index (Phi) is 7.68. The van der Waals surface area contributed by atoms with Crippen LogP contribution in [0.3, 0.4) is 0 Å². The number of halogens is 4. The number of ether oxygens (including phenoxy) is 3. The summed E-state index contributed by atoms with van der Waals surface area (Å²) in [6.45, 7) is 0.341. The van der Waals surface area contributed by atoms with E-state index in [-0.39, 0.29) is 36.5 Å². The molecule has 1 aliphatic rings. The van der Waals surface area contributed by atoms with E-state index >= 15 is 0 Å². The number of fused-ring (bicyclic) bond motifs is 1. The van der Waals surface area contributed by atoms with E-state index in [1.54, 1.807) is 18.2 Å². The monoisotopic (exact) mass is 447 g/mol. The highest BCUT2D eigenvalue weighted by Crippen LogP contribution is 2.32. The Bertz CT molecular complexity index is 541. The van der Waals surface area contributed by atoms with Crippen molar-refractivity contribution in [2.75, 3.05) is 31.7 Å². The number of benzene rings is 1. The lowest BCUT2D eigenvalue weighted by atomic mass is 10.3. The fourth-order valence-electron chi connectivity index (χ4n) is 1.76. The molecule has 0 atom stereocenters. The van der Waals surface area contributed by atoms with Crippen LogP contribution in [-0.4, -0.2) is 38.7 Å². The molecule has 10 heteroatoms. The quantitative estimate of drug-likeness (QED) is 0.321. The Morgan fingerprint density at radius 2 is 1.96 bits per heavy atom. The highest BCUT2D eigenvalue weighted by Gasteiger charge is 2.28. The van der Waals surface area contributed by atoms with Gasteiger partial charge < -0.3 is 20.5 Å². The molecule has 0 fully saturated rings. The van der Waals surface area contributed by atoms with Crippen molar-refractivity contribution in [1.82, 2.24) is 0 Å². The van der Waals surface area contributed by atoms with Gasteiger partial charge in [-0.25, -0.2) is 0 Å². The van der Waals surface area contributed by atoms with Gasteiger partial charge in [0.1, 0.15) is 0 Å². The Balaban J connectivity index is 0.00000264. The summed E-state index contributed by atoms with van der Waals surface area (Å²) >= 11 is 0. The number of hydrogen-bond acceptors (Lipinski definition) is 4. The highest BCUT2D eigenvalue weighted by molar-refractivity contribution is 14.0. The van der Waals surface area contributed by atoms with Crippen LogP contribution in [-0.2, 0) is 4.74 Å². The standard InChI is InChI=1S/C13H16F3N3O3.HI/c14-13(15,16)22-7-4-18-12(17)19-9-2-3-10-11(8-9)21-6-1-5-20-10;/h2-3,8H,1,4-7H2,(H3,17,18,19);1H. The molecule has 0 spiro atoms. The number of rotatable bonds is 4. The topological polar surface area (TPSA) is 78.1 Å². The number of nitrogens with two attached hydrogens (primary N) is 1. The van der Waals surface area contributed by atoms with Crippen LogP contribution in [0.4, 0.5) is 18.9 Å². The zero-order valence-electron chi connectivity index (χ0n) is 12.1. The Hall–Kier alpha value is -1.43. The first kappa shape index (κ1) is 19.6. The van der Waals surface area contributed by atoms with Crippen LogP contribution in [0.15, 0.2) is 23.2 Å². The summed E-state index contributed by atoms with van der Waals surface area (Å²) in [5.74, 6) is 1.20. The maximum Gasteiger partial charge on any atom is 0.522 e. The molecule has 0 saturated carbocycles. The number of nitrogens with zero attached hydrogens (tertiary/aromatic N) is 1. The molecule has 6 nitrogen and oxygen atoms in total. The molecule has 23 heavy (non-hydrogen) atoms. The molecule has 1 aliphatic heterocycles. The molecule has 0 saturated heterocycles. The average Bonchev–Trinajstić information content (AvgIpc) is 2.67. The van der Waals surface area contributed by atoms with Crippen LogP contribution in [0.25, 0.3) is 0 Å².